The summed E-state index contributed by atoms with van der Waals surface area (Å²) in [5, 5.41) is 7.50. The van der Waals surface area contributed by atoms with Crippen molar-refractivity contribution in [3.63, 3.8) is 0 Å². The Bertz CT molecular complexity index is 191. The first-order valence-electron chi connectivity index (χ1n) is 6.15. The van der Waals surface area contributed by atoms with E-state index >= 15 is 0 Å². The molecule has 3 saturated heterocycles. The maximum Gasteiger partial charge on any atom is 0.0329 e. The molecule has 4 nitrogen and oxygen atoms in total. The molecule has 0 aliphatic carbocycles. The van der Waals surface area contributed by atoms with Crippen LogP contribution in [0.4, 0.5) is 0 Å². The van der Waals surface area contributed by atoms with Crippen LogP contribution in [-0.2, 0) is 0 Å². The van der Waals surface area contributed by atoms with Crippen molar-refractivity contribution in [2.45, 2.75) is 25.7 Å². The van der Waals surface area contributed by atoms with Crippen molar-refractivity contribution >= 4 is 11.9 Å². The summed E-state index contributed by atoms with van der Waals surface area (Å²) in [5.74, 6) is 1.30. The lowest BCUT2D eigenvalue weighted by molar-refractivity contribution is -0.208. The van der Waals surface area contributed by atoms with Crippen molar-refractivity contribution in [1.82, 2.24) is 19.7 Å². The monoisotopic (exact) mass is 228 g/mol. The first-order chi connectivity index (χ1) is 7.45. The van der Waals surface area contributed by atoms with Crippen LogP contribution in [0.5, 0.6) is 0 Å². The van der Waals surface area contributed by atoms with Crippen molar-refractivity contribution in [2.24, 2.45) is 0 Å². The smallest absolute Gasteiger partial charge is 0.0329 e. The molecule has 0 spiro atoms. The van der Waals surface area contributed by atoms with Crippen molar-refractivity contribution in [1.29, 1.82) is 0 Å². The van der Waals surface area contributed by atoms with Crippen molar-refractivity contribution in [3.05, 3.63) is 0 Å². The van der Waals surface area contributed by atoms with Gasteiger partial charge in [0, 0.05) is 38.5 Å². The topological polar surface area (TPSA) is 13.0 Å². The molecular formula is C10H20N4S. The molecule has 3 aliphatic rings. The normalized spacial score (nSPS) is 32.0. The van der Waals surface area contributed by atoms with Crippen molar-refractivity contribution in [2.75, 3.05) is 38.5 Å². The fraction of sp³-hybridized carbons (Fsp3) is 1.00. The van der Waals surface area contributed by atoms with Gasteiger partial charge < -0.3 is 0 Å². The molecule has 0 atom stereocenters. The molecule has 0 amide bonds. The van der Waals surface area contributed by atoms with E-state index in [1.54, 1.807) is 0 Å². The molecule has 0 radical (unpaired) electrons. The number of rotatable bonds is 2. The van der Waals surface area contributed by atoms with Crippen LogP contribution < -0.4 is 0 Å². The summed E-state index contributed by atoms with van der Waals surface area (Å²) in [6, 6.07) is 0. The first-order valence-corrected chi connectivity index (χ1v) is 7.09. The Hall–Kier alpha value is 0.190. The average molecular weight is 228 g/mol. The third-order valence-electron chi connectivity index (χ3n) is 3.38. The fourth-order valence-electron chi connectivity index (χ4n) is 2.65. The molecular weight excluding hydrogens is 208 g/mol. The van der Waals surface area contributed by atoms with Crippen LogP contribution in [0.1, 0.15) is 25.7 Å². The third-order valence-corrected chi connectivity index (χ3v) is 4.52. The average Bonchev–Trinajstić information content (AvgIpc) is 3.01. The highest BCUT2D eigenvalue weighted by Crippen LogP contribution is 2.28. The van der Waals surface area contributed by atoms with Crippen molar-refractivity contribution in [3.8, 4) is 0 Å². The van der Waals surface area contributed by atoms with Crippen LogP contribution in [0, 0.1) is 0 Å². The highest BCUT2D eigenvalue weighted by Gasteiger charge is 2.34. The van der Waals surface area contributed by atoms with Gasteiger partial charge in [0.2, 0.25) is 0 Å². The Morgan fingerprint density at radius 2 is 1.47 bits per heavy atom. The van der Waals surface area contributed by atoms with Crippen LogP contribution in [-0.4, -0.2) is 58.1 Å². The van der Waals surface area contributed by atoms with Gasteiger partial charge in [-0.3, -0.25) is 0 Å². The minimum absolute atomic E-state index is 1.21. The summed E-state index contributed by atoms with van der Waals surface area (Å²) < 4.78 is 2.46. The second-order valence-corrected chi connectivity index (χ2v) is 5.56. The molecule has 0 saturated carbocycles. The summed E-state index contributed by atoms with van der Waals surface area (Å²) in [5.41, 5.74) is 0. The highest BCUT2D eigenvalue weighted by atomic mass is 32.2. The minimum Gasteiger partial charge on any atom is -0.227 e. The van der Waals surface area contributed by atoms with E-state index in [0.717, 1.165) is 0 Å². The largest absolute Gasteiger partial charge is 0.227 e. The van der Waals surface area contributed by atoms with E-state index in [4.69, 9.17) is 0 Å². The molecule has 3 aliphatic heterocycles. The summed E-state index contributed by atoms with van der Waals surface area (Å²) >= 11 is 1.99. The first kappa shape index (κ1) is 10.4. The Morgan fingerprint density at radius 1 is 0.667 bits per heavy atom. The molecule has 0 aromatic heterocycles. The molecule has 3 heterocycles. The van der Waals surface area contributed by atoms with Crippen LogP contribution in [0.3, 0.4) is 0 Å². The van der Waals surface area contributed by atoms with Gasteiger partial charge in [0.05, 0.1) is 0 Å². The number of hydrogen-bond donors (Lipinski definition) is 0. The van der Waals surface area contributed by atoms with Gasteiger partial charge in [-0.15, -0.1) is 0 Å². The summed E-state index contributed by atoms with van der Waals surface area (Å²) in [7, 11) is 0. The second-order valence-electron chi connectivity index (χ2n) is 4.47. The standard InChI is InChI=1S/C10H20N4S/c1-2-6-11(5-1)12-7-3-8-13(12)14-9-4-10-15-14/h1-10H2. The molecule has 86 valence electrons. The van der Waals surface area contributed by atoms with Crippen LogP contribution >= 0.6 is 11.9 Å². The zero-order chi connectivity index (χ0) is 10.1. The quantitative estimate of drug-likeness (QED) is 0.657. The highest BCUT2D eigenvalue weighted by molar-refractivity contribution is 7.97. The number of nitrogens with zero attached hydrogens (tertiary/aromatic N) is 4. The number of hydrogen-bond acceptors (Lipinski definition) is 5. The Balaban J connectivity index is 1.65. The second kappa shape index (κ2) is 4.59. The maximum absolute atomic E-state index is 2.53. The van der Waals surface area contributed by atoms with Gasteiger partial charge in [-0.25, -0.2) is 5.01 Å². The zero-order valence-electron chi connectivity index (χ0n) is 9.27. The Kier molecular flexibility index (Phi) is 3.17. The van der Waals surface area contributed by atoms with E-state index in [-0.39, 0.29) is 0 Å². The minimum atomic E-state index is 1.21. The van der Waals surface area contributed by atoms with Gasteiger partial charge in [0.1, 0.15) is 0 Å². The van der Waals surface area contributed by atoms with E-state index in [9.17, 15) is 0 Å². The Labute approximate surface area is 96.2 Å². The lowest BCUT2D eigenvalue weighted by Crippen LogP contribution is -2.52. The molecule has 5 heteroatoms. The lowest BCUT2D eigenvalue weighted by atomic mass is 10.4. The van der Waals surface area contributed by atoms with Gasteiger partial charge in [-0.1, -0.05) is 11.9 Å². The van der Waals surface area contributed by atoms with Crippen molar-refractivity contribution < 1.29 is 0 Å². The van der Waals surface area contributed by atoms with E-state index in [1.165, 1.54) is 64.2 Å². The molecule has 15 heavy (non-hydrogen) atoms. The summed E-state index contributed by atoms with van der Waals surface area (Å²) in [6.07, 6.45) is 5.40. The third kappa shape index (κ3) is 2.03. The molecule has 0 bridgehead atoms. The van der Waals surface area contributed by atoms with Gasteiger partial charge in [0.25, 0.3) is 0 Å². The van der Waals surface area contributed by atoms with E-state index in [0.29, 0.717) is 0 Å². The summed E-state index contributed by atoms with van der Waals surface area (Å²) in [6.45, 7) is 6.18. The van der Waals surface area contributed by atoms with E-state index in [2.05, 4.69) is 19.7 Å². The van der Waals surface area contributed by atoms with Gasteiger partial charge in [-0.2, -0.15) is 14.7 Å². The lowest BCUT2D eigenvalue weighted by Gasteiger charge is -2.38. The van der Waals surface area contributed by atoms with Gasteiger partial charge in [-0.05, 0) is 25.7 Å². The summed E-state index contributed by atoms with van der Waals surface area (Å²) in [4.78, 5) is 0. The van der Waals surface area contributed by atoms with E-state index < -0.39 is 0 Å². The molecule has 0 aromatic rings. The van der Waals surface area contributed by atoms with E-state index in [1.807, 2.05) is 11.9 Å². The molecule has 0 unspecified atom stereocenters. The zero-order valence-corrected chi connectivity index (χ0v) is 10.1. The van der Waals surface area contributed by atoms with Crippen LogP contribution in [0.25, 0.3) is 0 Å². The fourth-order valence-corrected chi connectivity index (χ4v) is 3.67. The van der Waals surface area contributed by atoms with Gasteiger partial charge >= 0.3 is 0 Å². The Morgan fingerprint density at radius 3 is 2.20 bits per heavy atom. The molecule has 0 aromatic carbocycles. The predicted octanol–water partition coefficient (Wildman–Crippen LogP) is 1.19. The maximum atomic E-state index is 2.53. The number of hydrazine groups is 3. The molecule has 3 rings (SSSR count). The molecule has 0 N–H and O–H groups in total. The SMILES string of the molecule is C1CCN(N2CCCN2N2CCCS2)C1. The van der Waals surface area contributed by atoms with Gasteiger partial charge in [0.15, 0.2) is 0 Å². The predicted molar refractivity (Wildman–Crippen MR) is 62.6 cm³/mol. The molecule has 3 fully saturated rings. The van der Waals surface area contributed by atoms with Crippen LogP contribution in [0.2, 0.25) is 0 Å². The van der Waals surface area contributed by atoms with Crippen LogP contribution in [0.15, 0.2) is 0 Å².